The largest absolute Gasteiger partial charge is 0.506 e. The lowest BCUT2D eigenvalue weighted by Gasteiger charge is -2.08. The lowest BCUT2D eigenvalue weighted by atomic mass is 10.1. The number of H-pyrrole nitrogens is 1. The molecule has 0 fully saturated rings. The number of phenolic OH excluding ortho intramolecular Hbond substituents is 1. The Morgan fingerprint density at radius 3 is 2.80 bits per heavy atom. The summed E-state index contributed by atoms with van der Waals surface area (Å²) in [4.78, 5) is 32.5. The third kappa shape index (κ3) is 4.22. The van der Waals surface area contributed by atoms with E-state index in [1.807, 2.05) is 12.3 Å². The number of rotatable bonds is 5. The number of carbonyl (C=O) groups excluding carboxylic acids is 1. The summed E-state index contributed by atoms with van der Waals surface area (Å²) in [5, 5.41) is 15.0. The molecule has 0 radical (unpaired) electrons. The second-order valence-corrected chi connectivity index (χ2v) is 8.39. The summed E-state index contributed by atoms with van der Waals surface area (Å²) in [6, 6.07) is 10.8. The Balaban J connectivity index is 1.51. The van der Waals surface area contributed by atoms with Crippen LogP contribution in [0.5, 0.6) is 5.75 Å². The second kappa shape index (κ2) is 8.29. The van der Waals surface area contributed by atoms with E-state index in [1.165, 1.54) is 29.5 Å². The highest BCUT2D eigenvalue weighted by Gasteiger charge is 2.14. The zero-order valence-electron chi connectivity index (χ0n) is 15.7. The van der Waals surface area contributed by atoms with Gasteiger partial charge >= 0.3 is 0 Å². The maximum Gasteiger partial charge on any atom is 0.260 e. The van der Waals surface area contributed by atoms with Crippen molar-refractivity contribution >= 4 is 44.9 Å². The number of benzene rings is 2. The number of phenols is 1. The second-order valence-electron chi connectivity index (χ2n) is 6.56. The van der Waals surface area contributed by atoms with E-state index >= 15 is 0 Å². The van der Waals surface area contributed by atoms with Gasteiger partial charge in [-0.05, 0) is 42.3 Å². The predicted octanol–water partition coefficient (Wildman–Crippen LogP) is 4.54. The minimum Gasteiger partial charge on any atom is -0.506 e. The van der Waals surface area contributed by atoms with E-state index < -0.39 is 0 Å². The molecular formula is C21H16FN3O3S2. The zero-order chi connectivity index (χ0) is 21.3. The molecule has 1 amide bonds. The fourth-order valence-electron chi connectivity index (χ4n) is 2.91. The van der Waals surface area contributed by atoms with Gasteiger partial charge in [-0.3, -0.25) is 9.59 Å². The van der Waals surface area contributed by atoms with Crippen molar-refractivity contribution in [1.29, 1.82) is 0 Å². The van der Waals surface area contributed by atoms with Crippen molar-refractivity contribution in [2.45, 2.75) is 12.1 Å². The molecule has 0 saturated carbocycles. The van der Waals surface area contributed by atoms with Crippen LogP contribution in [0.2, 0.25) is 0 Å². The molecule has 0 atom stereocenters. The van der Waals surface area contributed by atoms with E-state index in [4.69, 9.17) is 0 Å². The molecule has 2 aromatic carbocycles. The SMILES string of the molecule is Cc1ccc(O)c(NC(=O)CSc2nc3scc(-c4ccc(F)cc4)c3c(=O)[nH]2)c1. The average Bonchev–Trinajstić information content (AvgIpc) is 3.14. The summed E-state index contributed by atoms with van der Waals surface area (Å²) in [7, 11) is 0. The Morgan fingerprint density at radius 1 is 1.27 bits per heavy atom. The number of aromatic hydroxyl groups is 1. The number of hydrogen-bond donors (Lipinski definition) is 3. The molecule has 4 aromatic rings. The van der Waals surface area contributed by atoms with Crippen LogP contribution in [0.3, 0.4) is 0 Å². The molecule has 4 rings (SSSR count). The minimum atomic E-state index is -0.346. The van der Waals surface area contributed by atoms with Crippen LogP contribution >= 0.6 is 23.1 Å². The molecule has 152 valence electrons. The van der Waals surface area contributed by atoms with Gasteiger partial charge in [-0.2, -0.15) is 0 Å². The third-order valence-corrected chi connectivity index (χ3v) is 6.09. The van der Waals surface area contributed by atoms with E-state index in [2.05, 4.69) is 15.3 Å². The number of thioether (sulfide) groups is 1. The van der Waals surface area contributed by atoms with Crippen molar-refractivity contribution in [2.75, 3.05) is 11.1 Å². The van der Waals surface area contributed by atoms with Gasteiger partial charge in [0.1, 0.15) is 16.4 Å². The van der Waals surface area contributed by atoms with Crippen molar-refractivity contribution in [3.8, 4) is 16.9 Å². The number of hydrogen-bond acceptors (Lipinski definition) is 6. The topological polar surface area (TPSA) is 95.1 Å². The number of carbonyl (C=O) groups is 1. The first-order chi connectivity index (χ1) is 14.4. The molecule has 6 nitrogen and oxygen atoms in total. The van der Waals surface area contributed by atoms with Gasteiger partial charge in [-0.1, -0.05) is 30.0 Å². The monoisotopic (exact) mass is 441 g/mol. The fraction of sp³-hybridized carbons (Fsp3) is 0.0952. The van der Waals surface area contributed by atoms with Gasteiger partial charge in [-0.15, -0.1) is 11.3 Å². The number of fused-ring (bicyclic) bond motifs is 1. The molecule has 0 bridgehead atoms. The van der Waals surface area contributed by atoms with Gasteiger partial charge in [0.05, 0.1) is 16.8 Å². The van der Waals surface area contributed by atoms with Crippen LogP contribution < -0.4 is 10.9 Å². The molecule has 0 aliphatic rings. The van der Waals surface area contributed by atoms with E-state index in [0.29, 0.717) is 26.6 Å². The predicted molar refractivity (Wildman–Crippen MR) is 118 cm³/mol. The summed E-state index contributed by atoms with van der Waals surface area (Å²) in [5.41, 5.74) is 2.34. The van der Waals surface area contributed by atoms with Crippen LogP contribution in [0.1, 0.15) is 5.56 Å². The van der Waals surface area contributed by atoms with E-state index in [-0.39, 0.29) is 28.8 Å². The van der Waals surface area contributed by atoms with E-state index in [1.54, 1.807) is 24.3 Å². The van der Waals surface area contributed by atoms with Crippen molar-refractivity contribution in [1.82, 2.24) is 9.97 Å². The quantitative estimate of drug-likeness (QED) is 0.240. The Bertz CT molecular complexity index is 1300. The summed E-state index contributed by atoms with van der Waals surface area (Å²) in [6.45, 7) is 1.86. The Morgan fingerprint density at radius 2 is 2.03 bits per heavy atom. The molecule has 0 aliphatic carbocycles. The first-order valence-corrected chi connectivity index (χ1v) is 10.8. The molecule has 3 N–H and O–H groups in total. The molecule has 2 aromatic heterocycles. The maximum absolute atomic E-state index is 13.2. The Hall–Kier alpha value is -3.17. The number of nitrogens with zero attached hydrogens (tertiary/aromatic N) is 1. The molecule has 0 saturated heterocycles. The van der Waals surface area contributed by atoms with Gasteiger partial charge in [0.25, 0.3) is 5.56 Å². The van der Waals surface area contributed by atoms with Crippen LogP contribution in [0, 0.1) is 12.7 Å². The summed E-state index contributed by atoms with van der Waals surface area (Å²) >= 11 is 2.40. The van der Waals surface area contributed by atoms with Crippen molar-refractivity contribution in [3.63, 3.8) is 0 Å². The molecule has 9 heteroatoms. The lowest BCUT2D eigenvalue weighted by Crippen LogP contribution is -2.15. The van der Waals surface area contributed by atoms with Crippen LogP contribution in [0.15, 0.2) is 57.8 Å². The number of halogens is 1. The minimum absolute atomic E-state index is 0.0119. The summed E-state index contributed by atoms with van der Waals surface area (Å²) < 4.78 is 13.2. The number of amides is 1. The summed E-state index contributed by atoms with van der Waals surface area (Å²) in [5.74, 6) is -0.681. The van der Waals surface area contributed by atoms with Crippen LogP contribution in [-0.4, -0.2) is 26.7 Å². The van der Waals surface area contributed by atoms with Crippen LogP contribution in [0.25, 0.3) is 21.3 Å². The highest BCUT2D eigenvalue weighted by molar-refractivity contribution is 7.99. The van der Waals surface area contributed by atoms with Crippen LogP contribution in [0.4, 0.5) is 10.1 Å². The number of anilines is 1. The van der Waals surface area contributed by atoms with E-state index in [0.717, 1.165) is 22.9 Å². The van der Waals surface area contributed by atoms with Gasteiger partial charge in [0.2, 0.25) is 5.91 Å². The fourth-order valence-corrected chi connectivity index (χ4v) is 4.58. The van der Waals surface area contributed by atoms with Crippen molar-refractivity contribution in [3.05, 3.63) is 69.6 Å². The third-order valence-electron chi connectivity index (χ3n) is 4.34. The molecular weight excluding hydrogens is 425 g/mol. The number of aromatic nitrogens is 2. The lowest BCUT2D eigenvalue weighted by molar-refractivity contribution is -0.113. The number of thiophene rings is 1. The number of aryl methyl sites for hydroxylation is 1. The number of aromatic amines is 1. The van der Waals surface area contributed by atoms with Crippen molar-refractivity contribution in [2.24, 2.45) is 0 Å². The maximum atomic E-state index is 13.2. The zero-order valence-corrected chi connectivity index (χ0v) is 17.4. The molecule has 0 unspecified atom stereocenters. The van der Waals surface area contributed by atoms with Gasteiger partial charge < -0.3 is 15.4 Å². The molecule has 2 heterocycles. The van der Waals surface area contributed by atoms with Crippen LogP contribution in [-0.2, 0) is 4.79 Å². The first-order valence-electron chi connectivity index (χ1n) is 8.90. The van der Waals surface area contributed by atoms with Gasteiger partial charge in [-0.25, -0.2) is 9.37 Å². The van der Waals surface area contributed by atoms with Crippen molar-refractivity contribution < 1.29 is 14.3 Å². The first kappa shape index (κ1) is 20.1. The standard InChI is InChI=1S/C21H16FN3O3S2/c1-11-2-7-16(26)15(8-11)23-17(27)10-30-21-24-19(28)18-14(9-29-20(18)25-21)12-3-5-13(22)6-4-12/h2-9,26H,10H2,1H3,(H,23,27)(H,24,25,28). The molecule has 0 spiro atoms. The van der Waals surface area contributed by atoms with E-state index in [9.17, 15) is 19.1 Å². The molecule has 0 aliphatic heterocycles. The molecule has 30 heavy (non-hydrogen) atoms. The van der Waals surface area contributed by atoms with Gasteiger partial charge in [0, 0.05) is 10.9 Å². The average molecular weight is 442 g/mol. The highest BCUT2D eigenvalue weighted by Crippen LogP contribution is 2.31. The van der Waals surface area contributed by atoms with Gasteiger partial charge in [0.15, 0.2) is 5.16 Å². The Kier molecular flexibility index (Phi) is 5.56. The normalized spacial score (nSPS) is 11.0. The Labute approximate surface area is 178 Å². The smallest absolute Gasteiger partial charge is 0.260 e. The summed E-state index contributed by atoms with van der Waals surface area (Å²) in [6.07, 6.45) is 0. The number of nitrogens with one attached hydrogen (secondary N) is 2. The highest BCUT2D eigenvalue weighted by atomic mass is 32.2.